The predicted octanol–water partition coefficient (Wildman–Crippen LogP) is 3.63. The molecule has 3 aliphatic rings. The van der Waals surface area contributed by atoms with Gasteiger partial charge in [0, 0.05) is 36.0 Å². The zero-order chi connectivity index (χ0) is 26.3. The fraction of sp³-hybridized carbons (Fsp3) is 0.222. The number of nitrogens with zero attached hydrogens (tertiary/aromatic N) is 4. The number of rotatable bonds is 3. The third kappa shape index (κ3) is 4.01. The second kappa shape index (κ2) is 9.24. The van der Waals surface area contributed by atoms with Gasteiger partial charge in [-0.25, -0.2) is 15.0 Å². The highest BCUT2D eigenvalue weighted by molar-refractivity contribution is 6.03. The summed E-state index contributed by atoms with van der Waals surface area (Å²) in [5, 5.41) is 11.8. The van der Waals surface area contributed by atoms with Crippen LogP contribution in [0.2, 0.25) is 0 Å². The number of aliphatic imine (C=N–C) groups is 1. The zero-order valence-electron chi connectivity index (χ0n) is 20.0. The standard InChI is InChI=1S/C27H21FN6O4/c28-24-23-19(11-21(34-24)16-2-1-9-36-14-16)27(7-8-31-26(30)38-27)18-10-17(4-6-22(18)37-23)33-25(35)20-5-3-15(12-29)13-32-20/h2-6,10-11,13H,1,7-9,14H2,(H2,30,31)(H,33,35)/t27-/m0/s1. The second-order valence-corrected chi connectivity index (χ2v) is 8.96. The molecule has 6 rings (SSSR count). The molecule has 1 atom stereocenters. The van der Waals surface area contributed by atoms with Crippen LogP contribution in [-0.4, -0.2) is 41.7 Å². The normalized spacial score (nSPS) is 19.6. The van der Waals surface area contributed by atoms with Crippen LogP contribution in [0.4, 0.5) is 10.1 Å². The molecule has 10 nitrogen and oxygen atoms in total. The van der Waals surface area contributed by atoms with Crippen molar-refractivity contribution in [2.45, 2.75) is 18.4 Å². The van der Waals surface area contributed by atoms with Gasteiger partial charge in [-0.05, 0) is 48.4 Å². The zero-order valence-corrected chi connectivity index (χ0v) is 20.0. The fourth-order valence-corrected chi connectivity index (χ4v) is 4.82. The van der Waals surface area contributed by atoms with E-state index in [0.717, 1.165) is 5.57 Å². The number of amides is 1. The molecular weight excluding hydrogens is 491 g/mol. The van der Waals surface area contributed by atoms with Gasteiger partial charge in [-0.15, -0.1) is 0 Å². The third-order valence-corrected chi connectivity index (χ3v) is 6.63. The number of nitrogens with two attached hydrogens (primary N) is 1. The number of hydrogen-bond donors (Lipinski definition) is 2. The van der Waals surface area contributed by atoms with Gasteiger partial charge in [-0.1, -0.05) is 6.08 Å². The molecule has 0 saturated carbocycles. The Bertz CT molecular complexity index is 1560. The van der Waals surface area contributed by atoms with E-state index in [2.05, 4.69) is 20.3 Å². The van der Waals surface area contributed by atoms with Crippen LogP contribution in [-0.2, 0) is 15.1 Å². The molecule has 0 radical (unpaired) electrons. The number of hydrogen-bond acceptors (Lipinski definition) is 9. The Kier molecular flexibility index (Phi) is 5.73. The number of ether oxygens (including phenoxy) is 3. The summed E-state index contributed by atoms with van der Waals surface area (Å²) >= 11 is 0. The summed E-state index contributed by atoms with van der Waals surface area (Å²) in [7, 11) is 0. The van der Waals surface area contributed by atoms with Gasteiger partial charge in [0.1, 0.15) is 17.5 Å². The fourth-order valence-electron chi connectivity index (χ4n) is 4.82. The molecule has 3 aromatic rings. The maximum absolute atomic E-state index is 15.4. The predicted molar refractivity (Wildman–Crippen MR) is 134 cm³/mol. The molecule has 11 heteroatoms. The molecule has 3 N–H and O–H groups in total. The smallest absolute Gasteiger partial charge is 0.283 e. The van der Waals surface area contributed by atoms with Crippen molar-refractivity contribution in [3.05, 3.63) is 82.7 Å². The molecule has 1 amide bonds. The molecule has 38 heavy (non-hydrogen) atoms. The molecule has 190 valence electrons. The first-order valence-electron chi connectivity index (χ1n) is 11.9. The van der Waals surface area contributed by atoms with Crippen molar-refractivity contribution >= 4 is 23.2 Å². The second-order valence-electron chi connectivity index (χ2n) is 8.96. The molecule has 0 aliphatic carbocycles. The average Bonchev–Trinajstić information content (AvgIpc) is 2.94. The first-order chi connectivity index (χ1) is 18.5. The molecule has 1 spiro atoms. The van der Waals surface area contributed by atoms with Crippen LogP contribution in [0.5, 0.6) is 11.5 Å². The molecule has 1 aromatic carbocycles. The third-order valence-electron chi connectivity index (χ3n) is 6.63. The quantitative estimate of drug-likeness (QED) is 0.506. The van der Waals surface area contributed by atoms with E-state index in [1.54, 1.807) is 24.3 Å². The van der Waals surface area contributed by atoms with Crippen molar-refractivity contribution in [3.8, 4) is 17.6 Å². The van der Waals surface area contributed by atoms with Crippen LogP contribution >= 0.6 is 0 Å². The SMILES string of the molecule is N#Cc1ccc(C(=O)Nc2ccc3c(c2)[C@@]2(CCN=C(N)O2)c2cc(C4=CCCOC4)nc(F)c2O3)nc1. The maximum atomic E-state index is 15.4. The number of carbonyl (C=O) groups excluding carboxylic acids is 1. The number of aromatic nitrogens is 2. The van der Waals surface area contributed by atoms with Gasteiger partial charge in [0.15, 0.2) is 11.4 Å². The highest BCUT2D eigenvalue weighted by atomic mass is 19.1. The molecule has 0 bridgehead atoms. The van der Waals surface area contributed by atoms with Gasteiger partial charge in [0.2, 0.25) is 0 Å². The topological polar surface area (TPSA) is 145 Å². The number of carbonyl (C=O) groups is 1. The van der Waals surface area contributed by atoms with Crippen LogP contribution in [0.25, 0.3) is 5.57 Å². The van der Waals surface area contributed by atoms with Gasteiger partial charge in [0.05, 0.1) is 24.5 Å². The number of fused-ring (bicyclic) bond motifs is 4. The van der Waals surface area contributed by atoms with Crippen LogP contribution in [0, 0.1) is 17.3 Å². The van der Waals surface area contributed by atoms with Gasteiger partial charge in [0.25, 0.3) is 17.9 Å². The number of nitriles is 1. The Balaban J connectivity index is 1.43. The first kappa shape index (κ1) is 23.6. The van der Waals surface area contributed by atoms with E-state index in [-0.39, 0.29) is 17.5 Å². The van der Waals surface area contributed by atoms with Crippen LogP contribution in [0.3, 0.4) is 0 Å². The molecular formula is C27H21FN6O4. The lowest BCUT2D eigenvalue weighted by atomic mass is 9.79. The lowest BCUT2D eigenvalue weighted by molar-refractivity contribution is 0.0623. The maximum Gasteiger partial charge on any atom is 0.283 e. The number of nitrogens with one attached hydrogen (secondary N) is 1. The van der Waals surface area contributed by atoms with E-state index >= 15 is 4.39 Å². The van der Waals surface area contributed by atoms with Crippen LogP contribution in [0.15, 0.2) is 53.7 Å². The lowest BCUT2D eigenvalue weighted by Crippen LogP contribution is -2.43. The molecule has 3 aliphatic heterocycles. The van der Waals surface area contributed by atoms with E-state index in [9.17, 15) is 4.79 Å². The monoisotopic (exact) mass is 512 g/mol. The first-order valence-corrected chi connectivity index (χ1v) is 11.9. The van der Waals surface area contributed by atoms with E-state index in [1.165, 1.54) is 18.3 Å². The van der Waals surface area contributed by atoms with E-state index in [0.29, 0.717) is 66.4 Å². The van der Waals surface area contributed by atoms with Gasteiger partial charge in [-0.3, -0.25) is 4.79 Å². The van der Waals surface area contributed by atoms with Gasteiger partial charge < -0.3 is 25.3 Å². The molecule has 0 unspecified atom stereocenters. The number of anilines is 1. The Morgan fingerprint density at radius 1 is 1.21 bits per heavy atom. The van der Waals surface area contributed by atoms with Crippen molar-refractivity contribution in [2.75, 3.05) is 25.1 Å². The summed E-state index contributed by atoms with van der Waals surface area (Å²) in [6.07, 6.45) is 4.36. The minimum atomic E-state index is -1.23. The average molecular weight is 513 g/mol. The number of halogens is 1. The van der Waals surface area contributed by atoms with Crippen LogP contribution in [0.1, 0.15) is 45.7 Å². The number of benzene rings is 1. The summed E-state index contributed by atoms with van der Waals surface area (Å²) < 4.78 is 33.1. The minimum Gasteiger partial charge on any atom is -0.452 e. The minimum absolute atomic E-state index is 0.0368. The molecule has 2 aromatic heterocycles. The molecule has 0 saturated heterocycles. The Labute approximate surface area is 216 Å². The van der Waals surface area contributed by atoms with Crippen molar-refractivity contribution in [1.82, 2.24) is 9.97 Å². The van der Waals surface area contributed by atoms with Gasteiger partial charge in [-0.2, -0.15) is 9.65 Å². The molecule has 0 fully saturated rings. The summed E-state index contributed by atoms with van der Waals surface area (Å²) in [5.41, 5.74) is 7.91. The number of amidine groups is 1. The van der Waals surface area contributed by atoms with Gasteiger partial charge >= 0.3 is 0 Å². The Morgan fingerprint density at radius 3 is 2.84 bits per heavy atom. The summed E-state index contributed by atoms with van der Waals surface area (Å²) in [4.78, 5) is 25.2. The highest BCUT2D eigenvalue weighted by Gasteiger charge is 2.48. The van der Waals surface area contributed by atoms with Crippen molar-refractivity contribution < 1.29 is 23.4 Å². The summed E-state index contributed by atoms with van der Waals surface area (Å²) in [6, 6.07) is 11.6. The largest absolute Gasteiger partial charge is 0.452 e. The van der Waals surface area contributed by atoms with Crippen molar-refractivity contribution in [2.24, 2.45) is 10.7 Å². The summed E-state index contributed by atoms with van der Waals surface area (Å²) in [6.45, 7) is 1.25. The Morgan fingerprint density at radius 2 is 2.11 bits per heavy atom. The van der Waals surface area contributed by atoms with Crippen molar-refractivity contribution in [3.63, 3.8) is 0 Å². The molecule has 5 heterocycles. The van der Waals surface area contributed by atoms with E-state index < -0.39 is 17.5 Å². The van der Waals surface area contributed by atoms with Crippen molar-refractivity contribution in [1.29, 1.82) is 5.26 Å². The van der Waals surface area contributed by atoms with E-state index in [1.807, 2.05) is 12.1 Å². The number of pyridine rings is 2. The highest BCUT2D eigenvalue weighted by Crippen LogP contribution is 2.53. The summed E-state index contributed by atoms with van der Waals surface area (Å²) in [5.74, 6) is -0.946. The lowest BCUT2D eigenvalue weighted by Gasteiger charge is -2.41. The van der Waals surface area contributed by atoms with Crippen LogP contribution < -0.4 is 15.8 Å². The van der Waals surface area contributed by atoms with E-state index in [4.69, 9.17) is 25.2 Å². The Hall–Kier alpha value is -4.82.